The third kappa shape index (κ3) is 5.03. The fraction of sp³-hybridized carbons (Fsp3) is 0.227. The molecule has 0 aromatic heterocycles. The predicted octanol–water partition coefficient (Wildman–Crippen LogP) is 4.29. The van der Waals surface area contributed by atoms with Gasteiger partial charge in [0.2, 0.25) is 11.8 Å². The van der Waals surface area contributed by atoms with Gasteiger partial charge < -0.3 is 15.4 Å². The van der Waals surface area contributed by atoms with Gasteiger partial charge in [-0.3, -0.25) is 9.59 Å². The largest absolute Gasteiger partial charge is 0.465 e. The zero-order valence-electron chi connectivity index (χ0n) is 15.9. The van der Waals surface area contributed by atoms with E-state index in [9.17, 15) is 14.4 Å². The van der Waals surface area contributed by atoms with Crippen molar-refractivity contribution in [3.8, 4) is 0 Å². The summed E-state index contributed by atoms with van der Waals surface area (Å²) in [6.07, 6.45) is 4.75. The number of methoxy groups -OCH3 is 1. The van der Waals surface area contributed by atoms with Crippen LogP contribution in [0.1, 0.15) is 23.2 Å². The quantitative estimate of drug-likeness (QED) is 0.566. The molecule has 0 spiro atoms. The van der Waals surface area contributed by atoms with Gasteiger partial charge in [0.05, 0.1) is 35.2 Å². The molecule has 3 rings (SSSR count). The summed E-state index contributed by atoms with van der Waals surface area (Å²) < 4.78 is 4.66. The zero-order chi connectivity index (χ0) is 20.8. The highest BCUT2D eigenvalue weighted by molar-refractivity contribution is 6.33. The van der Waals surface area contributed by atoms with Crippen LogP contribution >= 0.6 is 11.6 Å². The molecule has 0 aliphatic heterocycles. The van der Waals surface area contributed by atoms with Crippen LogP contribution in [0.15, 0.2) is 60.7 Å². The molecule has 150 valence electrons. The molecule has 0 radical (unpaired) electrons. The van der Waals surface area contributed by atoms with Gasteiger partial charge in [0.25, 0.3) is 0 Å². The molecule has 0 fully saturated rings. The van der Waals surface area contributed by atoms with Crippen LogP contribution in [-0.4, -0.2) is 24.9 Å². The van der Waals surface area contributed by atoms with Crippen molar-refractivity contribution < 1.29 is 19.1 Å². The Morgan fingerprint density at radius 2 is 1.48 bits per heavy atom. The summed E-state index contributed by atoms with van der Waals surface area (Å²) in [5, 5.41) is 6.09. The summed E-state index contributed by atoms with van der Waals surface area (Å²) in [6.45, 7) is 0. The number of hydrogen-bond acceptors (Lipinski definition) is 4. The first-order chi connectivity index (χ1) is 14.0. The lowest BCUT2D eigenvalue weighted by Gasteiger charge is -2.27. The second-order valence-corrected chi connectivity index (χ2v) is 7.09. The van der Waals surface area contributed by atoms with Crippen LogP contribution in [0, 0.1) is 11.8 Å². The van der Waals surface area contributed by atoms with Crippen LogP contribution < -0.4 is 10.6 Å². The van der Waals surface area contributed by atoms with Crippen LogP contribution in [-0.2, 0) is 14.3 Å². The summed E-state index contributed by atoms with van der Waals surface area (Å²) in [6, 6.07) is 13.4. The Balaban J connectivity index is 1.69. The second-order valence-electron chi connectivity index (χ2n) is 6.68. The van der Waals surface area contributed by atoms with E-state index in [1.165, 1.54) is 7.11 Å². The number of nitrogens with one attached hydrogen (secondary N) is 2. The van der Waals surface area contributed by atoms with E-state index in [2.05, 4.69) is 15.4 Å². The molecule has 2 atom stereocenters. The first-order valence-electron chi connectivity index (χ1n) is 9.19. The first-order valence-corrected chi connectivity index (χ1v) is 9.57. The minimum absolute atomic E-state index is 0.247. The van der Waals surface area contributed by atoms with Gasteiger partial charge in [-0.15, -0.1) is 0 Å². The van der Waals surface area contributed by atoms with Gasteiger partial charge in [-0.25, -0.2) is 4.79 Å². The molecule has 2 aromatic rings. The number of hydrogen-bond donors (Lipinski definition) is 2. The molecule has 0 saturated heterocycles. The van der Waals surface area contributed by atoms with Crippen molar-refractivity contribution in [3.05, 3.63) is 71.3 Å². The SMILES string of the molecule is COC(=O)c1ccc(NC(=O)C2CC=CCC2C(=O)Nc2ccccc2Cl)cc1. The average molecular weight is 413 g/mol. The highest BCUT2D eigenvalue weighted by atomic mass is 35.5. The highest BCUT2D eigenvalue weighted by Crippen LogP contribution is 2.30. The maximum absolute atomic E-state index is 12.8. The number of para-hydroxylation sites is 1. The molecular formula is C22H21ClN2O4. The maximum atomic E-state index is 12.8. The Hall–Kier alpha value is -3.12. The average Bonchev–Trinajstić information content (AvgIpc) is 2.75. The van der Waals surface area contributed by atoms with E-state index in [1.54, 1.807) is 48.5 Å². The lowest BCUT2D eigenvalue weighted by molar-refractivity contribution is -0.129. The van der Waals surface area contributed by atoms with E-state index in [4.69, 9.17) is 11.6 Å². The smallest absolute Gasteiger partial charge is 0.337 e. The number of ether oxygens (including phenoxy) is 1. The van der Waals surface area contributed by atoms with Gasteiger partial charge in [-0.05, 0) is 49.2 Å². The van der Waals surface area contributed by atoms with Gasteiger partial charge >= 0.3 is 5.97 Å². The van der Waals surface area contributed by atoms with Gasteiger partial charge in [0.1, 0.15) is 0 Å². The zero-order valence-corrected chi connectivity index (χ0v) is 16.6. The Kier molecular flexibility index (Phi) is 6.67. The van der Waals surface area contributed by atoms with Crippen molar-refractivity contribution in [2.75, 3.05) is 17.7 Å². The van der Waals surface area contributed by atoms with Gasteiger partial charge in [-0.1, -0.05) is 35.9 Å². The van der Waals surface area contributed by atoms with Crippen LogP contribution in [0.3, 0.4) is 0 Å². The van der Waals surface area contributed by atoms with Crippen molar-refractivity contribution in [2.24, 2.45) is 11.8 Å². The minimum atomic E-state index is -0.511. The number of carbonyl (C=O) groups excluding carboxylic acids is 3. The molecule has 29 heavy (non-hydrogen) atoms. The van der Waals surface area contributed by atoms with Crippen molar-refractivity contribution >= 4 is 40.8 Å². The molecule has 1 aliphatic rings. The van der Waals surface area contributed by atoms with Crippen molar-refractivity contribution in [1.29, 1.82) is 0 Å². The third-order valence-corrected chi connectivity index (χ3v) is 5.14. The molecule has 0 heterocycles. The molecule has 2 amide bonds. The molecule has 1 aliphatic carbocycles. The topological polar surface area (TPSA) is 84.5 Å². The van der Waals surface area contributed by atoms with Crippen LogP contribution in [0.5, 0.6) is 0 Å². The molecule has 6 nitrogen and oxygen atoms in total. The third-order valence-electron chi connectivity index (χ3n) is 4.81. The van der Waals surface area contributed by atoms with Gasteiger partial charge in [-0.2, -0.15) is 0 Å². The maximum Gasteiger partial charge on any atom is 0.337 e. The number of esters is 1. The molecule has 2 N–H and O–H groups in total. The van der Waals surface area contributed by atoms with E-state index in [-0.39, 0.29) is 11.8 Å². The van der Waals surface area contributed by atoms with E-state index in [0.717, 1.165) is 0 Å². The van der Waals surface area contributed by atoms with Crippen molar-refractivity contribution in [2.45, 2.75) is 12.8 Å². The molecule has 2 unspecified atom stereocenters. The van der Waals surface area contributed by atoms with Crippen LogP contribution in [0.2, 0.25) is 5.02 Å². The molecule has 0 saturated carbocycles. The summed E-state index contributed by atoms with van der Waals surface area (Å²) in [5.74, 6) is -1.96. The van der Waals surface area contributed by atoms with E-state index < -0.39 is 17.8 Å². The molecule has 0 bridgehead atoms. The van der Waals surface area contributed by atoms with Crippen molar-refractivity contribution in [3.63, 3.8) is 0 Å². The summed E-state index contributed by atoms with van der Waals surface area (Å²) in [5.41, 5.74) is 1.46. The Labute approximate surface area is 173 Å². The molecule has 7 heteroatoms. The van der Waals surface area contributed by atoms with Gasteiger partial charge in [0.15, 0.2) is 0 Å². The summed E-state index contributed by atoms with van der Waals surface area (Å²) in [7, 11) is 1.31. The number of benzene rings is 2. The Morgan fingerprint density at radius 1 is 0.897 bits per heavy atom. The number of anilines is 2. The molecular weight excluding hydrogens is 392 g/mol. The van der Waals surface area contributed by atoms with Crippen LogP contribution in [0.25, 0.3) is 0 Å². The number of rotatable bonds is 5. The normalized spacial score (nSPS) is 18.0. The number of halogens is 1. The fourth-order valence-electron chi connectivity index (χ4n) is 3.22. The summed E-state index contributed by atoms with van der Waals surface area (Å²) in [4.78, 5) is 37.2. The lowest BCUT2D eigenvalue weighted by Crippen LogP contribution is -2.37. The van der Waals surface area contributed by atoms with Crippen LogP contribution in [0.4, 0.5) is 11.4 Å². The lowest BCUT2D eigenvalue weighted by atomic mass is 9.81. The Morgan fingerprint density at radius 3 is 2.07 bits per heavy atom. The minimum Gasteiger partial charge on any atom is -0.465 e. The van der Waals surface area contributed by atoms with Gasteiger partial charge in [0, 0.05) is 5.69 Å². The number of allylic oxidation sites excluding steroid dienone is 2. The Bertz CT molecular complexity index is 940. The number of amides is 2. The standard InChI is InChI=1S/C22H21ClN2O4/c1-29-22(28)14-10-12-15(13-11-14)24-20(26)16-6-2-3-7-17(16)21(27)25-19-9-5-4-8-18(19)23/h2-5,8-13,16-17H,6-7H2,1H3,(H,24,26)(H,25,27). The highest BCUT2D eigenvalue weighted by Gasteiger charge is 2.34. The predicted molar refractivity (Wildman–Crippen MR) is 112 cm³/mol. The molecule has 2 aromatic carbocycles. The van der Waals surface area contributed by atoms with Crippen molar-refractivity contribution in [1.82, 2.24) is 0 Å². The summed E-state index contributed by atoms with van der Waals surface area (Å²) >= 11 is 6.12. The second kappa shape index (κ2) is 9.39. The van der Waals surface area contributed by atoms with E-state index >= 15 is 0 Å². The number of carbonyl (C=O) groups is 3. The van der Waals surface area contributed by atoms with E-state index in [1.807, 2.05) is 12.2 Å². The van der Waals surface area contributed by atoms with E-state index in [0.29, 0.717) is 34.8 Å². The first kappa shape index (κ1) is 20.6. The monoisotopic (exact) mass is 412 g/mol. The fourth-order valence-corrected chi connectivity index (χ4v) is 3.41.